The molecule has 2 aromatic heterocycles. The average Bonchev–Trinajstić information content (AvgIpc) is 2.87. The Kier molecular flexibility index (Phi) is 6.43. The molecule has 0 unspecified atom stereocenters. The molecule has 3 heterocycles. The molecular formula is C27H28N6O2. The van der Waals surface area contributed by atoms with Gasteiger partial charge in [-0.3, -0.25) is 9.36 Å². The van der Waals surface area contributed by atoms with Crippen LogP contribution < -0.4 is 21.1 Å². The number of anilines is 2. The van der Waals surface area contributed by atoms with Gasteiger partial charge in [0.15, 0.2) is 11.5 Å². The normalized spacial score (nSPS) is 14.1. The fourth-order valence-corrected chi connectivity index (χ4v) is 4.49. The Morgan fingerprint density at radius 2 is 1.83 bits per heavy atom. The third kappa shape index (κ3) is 5.16. The monoisotopic (exact) mass is 468 g/mol. The zero-order valence-electron chi connectivity index (χ0n) is 19.6. The van der Waals surface area contributed by atoms with E-state index < -0.39 is 0 Å². The molecule has 4 aromatic rings. The molecule has 1 saturated heterocycles. The number of rotatable bonds is 5. The van der Waals surface area contributed by atoms with E-state index in [2.05, 4.69) is 20.6 Å². The Labute approximate surface area is 203 Å². The standard InChI is InChI=1S/C27H28N6O2/c1-19-7-5-10-22(17-19)30-27(35)29-21-12-15-32(16-13-21)25-26(34)33(18-20-8-3-2-4-9-20)24-23(31-25)11-6-14-28-24/h2-11,14,17,21H,12-13,15-16,18H2,1H3,(H2,29,30,35). The summed E-state index contributed by atoms with van der Waals surface area (Å²) < 4.78 is 1.70. The Hall–Kier alpha value is -4.20. The van der Waals surface area contributed by atoms with Crippen LogP contribution in [0.5, 0.6) is 0 Å². The highest BCUT2D eigenvalue weighted by Crippen LogP contribution is 2.19. The molecule has 178 valence electrons. The van der Waals surface area contributed by atoms with E-state index in [4.69, 9.17) is 0 Å². The van der Waals surface area contributed by atoms with Crippen molar-refractivity contribution in [3.8, 4) is 0 Å². The predicted octanol–water partition coefficient (Wildman–Crippen LogP) is 3.94. The molecule has 0 radical (unpaired) electrons. The smallest absolute Gasteiger partial charge is 0.319 e. The molecule has 0 saturated carbocycles. The minimum Gasteiger partial charge on any atom is -0.352 e. The highest BCUT2D eigenvalue weighted by atomic mass is 16.2. The van der Waals surface area contributed by atoms with E-state index >= 15 is 0 Å². The first-order chi connectivity index (χ1) is 17.1. The summed E-state index contributed by atoms with van der Waals surface area (Å²) in [6.07, 6.45) is 3.14. The number of fused-ring (bicyclic) bond motifs is 1. The molecule has 0 spiro atoms. The first-order valence-corrected chi connectivity index (χ1v) is 11.9. The summed E-state index contributed by atoms with van der Waals surface area (Å²) in [7, 11) is 0. The molecule has 2 aromatic carbocycles. The number of amides is 2. The van der Waals surface area contributed by atoms with Gasteiger partial charge in [0.25, 0.3) is 5.56 Å². The molecule has 1 aliphatic heterocycles. The largest absolute Gasteiger partial charge is 0.352 e. The number of urea groups is 1. The van der Waals surface area contributed by atoms with Crippen LogP contribution in [0.4, 0.5) is 16.3 Å². The van der Waals surface area contributed by atoms with Crippen LogP contribution in [0.1, 0.15) is 24.0 Å². The molecule has 5 rings (SSSR count). The van der Waals surface area contributed by atoms with Crippen LogP contribution in [-0.4, -0.2) is 39.7 Å². The third-order valence-electron chi connectivity index (χ3n) is 6.27. The molecule has 2 amide bonds. The number of carbonyl (C=O) groups is 1. The number of benzene rings is 2. The summed E-state index contributed by atoms with van der Waals surface area (Å²) in [5.41, 5.74) is 4.01. The summed E-state index contributed by atoms with van der Waals surface area (Å²) in [6.45, 7) is 3.69. The number of nitrogens with one attached hydrogen (secondary N) is 2. The molecule has 8 heteroatoms. The van der Waals surface area contributed by atoms with Crippen molar-refractivity contribution in [2.24, 2.45) is 0 Å². The van der Waals surface area contributed by atoms with E-state index in [0.29, 0.717) is 36.6 Å². The lowest BCUT2D eigenvalue weighted by Gasteiger charge is -2.33. The lowest BCUT2D eigenvalue weighted by molar-refractivity contribution is 0.246. The van der Waals surface area contributed by atoms with E-state index in [0.717, 1.165) is 29.7 Å². The summed E-state index contributed by atoms with van der Waals surface area (Å²) in [5.74, 6) is 0.434. The van der Waals surface area contributed by atoms with Gasteiger partial charge in [-0.1, -0.05) is 42.5 Å². The fourth-order valence-electron chi connectivity index (χ4n) is 4.49. The van der Waals surface area contributed by atoms with Gasteiger partial charge in [-0.15, -0.1) is 0 Å². The Bertz CT molecular complexity index is 1390. The molecule has 35 heavy (non-hydrogen) atoms. The minimum absolute atomic E-state index is 0.0322. The average molecular weight is 469 g/mol. The van der Waals surface area contributed by atoms with Gasteiger partial charge >= 0.3 is 6.03 Å². The van der Waals surface area contributed by atoms with Crippen molar-refractivity contribution in [1.82, 2.24) is 19.9 Å². The van der Waals surface area contributed by atoms with E-state index in [9.17, 15) is 9.59 Å². The fraction of sp³-hybridized carbons (Fsp3) is 0.259. The lowest BCUT2D eigenvalue weighted by Crippen LogP contribution is -2.47. The van der Waals surface area contributed by atoms with Crippen LogP contribution in [0.3, 0.4) is 0 Å². The van der Waals surface area contributed by atoms with Gasteiger partial charge in [-0.05, 0) is 55.2 Å². The molecule has 1 fully saturated rings. The van der Waals surface area contributed by atoms with E-state index in [1.54, 1.807) is 10.8 Å². The Morgan fingerprint density at radius 1 is 1.03 bits per heavy atom. The number of piperidine rings is 1. The zero-order valence-corrected chi connectivity index (χ0v) is 19.6. The summed E-state index contributed by atoms with van der Waals surface area (Å²) in [4.78, 5) is 37.1. The molecule has 0 atom stereocenters. The second-order valence-corrected chi connectivity index (χ2v) is 8.89. The van der Waals surface area contributed by atoms with Crippen molar-refractivity contribution < 1.29 is 4.79 Å². The predicted molar refractivity (Wildman–Crippen MR) is 138 cm³/mol. The minimum atomic E-state index is -0.214. The van der Waals surface area contributed by atoms with Crippen molar-refractivity contribution in [3.63, 3.8) is 0 Å². The SMILES string of the molecule is Cc1cccc(NC(=O)NC2CCN(c3nc4cccnc4n(Cc4ccccc4)c3=O)CC2)c1. The van der Waals surface area contributed by atoms with Gasteiger partial charge < -0.3 is 15.5 Å². The van der Waals surface area contributed by atoms with Crippen molar-refractivity contribution in [3.05, 3.63) is 94.4 Å². The lowest BCUT2D eigenvalue weighted by atomic mass is 10.1. The highest BCUT2D eigenvalue weighted by molar-refractivity contribution is 5.89. The van der Waals surface area contributed by atoms with Crippen LogP contribution in [0, 0.1) is 6.92 Å². The first kappa shape index (κ1) is 22.6. The van der Waals surface area contributed by atoms with Crippen molar-refractivity contribution in [2.45, 2.75) is 32.4 Å². The van der Waals surface area contributed by atoms with Crippen molar-refractivity contribution in [2.75, 3.05) is 23.3 Å². The maximum Gasteiger partial charge on any atom is 0.319 e. The second kappa shape index (κ2) is 9.97. The molecule has 1 aliphatic rings. The van der Waals surface area contributed by atoms with E-state index in [-0.39, 0.29) is 17.6 Å². The molecule has 8 nitrogen and oxygen atoms in total. The number of pyridine rings is 1. The van der Waals surface area contributed by atoms with Gasteiger partial charge in [-0.2, -0.15) is 0 Å². The number of aryl methyl sites for hydroxylation is 1. The van der Waals surface area contributed by atoms with Crippen LogP contribution in [0.15, 0.2) is 77.7 Å². The quantitative estimate of drug-likeness (QED) is 0.463. The summed E-state index contributed by atoms with van der Waals surface area (Å²) >= 11 is 0. The van der Waals surface area contributed by atoms with Gasteiger partial charge in [0, 0.05) is 31.0 Å². The third-order valence-corrected chi connectivity index (χ3v) is 6.27. The Morgan fingerprint density at radius 3 is 2.60 bits per heavy atom. The van der Waals surface area contributed by atoms with Gasteiger partial charge in [0.1, 0.15) is 5.52 Å². The molecule has 0 bridgehead atoms. The van der Waals surface area contributed by atoms with E-state index in [1.807, 2.05) is 78.6 Å². The van der Waals surface area contributed by atoms with Crippen LogP contribution in [0.2, 0.25) is 0 Å². The van der Waals surface area contributed by atoms with Crippen molar-refractivity contribution in [1.29, 1.82) is 0 Å². The number of hydrogen-bond acceptors (Lipinski definition) is 5. The number of nitrogens with zero attached hydrogens (tertiary/aromatic N) is 4. The number of aromatic nitrogens is 3. The molecular weight excluding hydrogens is 440 g/mol. The maximum atomic E-state index is 13.5. The van der Waals surface area contributed by atoms with Crippen LogP contribution in [-0.2, 0) is 6.54 Å². The number of carbonyl (C=O) groups excluding carboxylic acids is 1. The maximum absolute atomic E-state index is 13.5. The molecule has 2 N–H and O–H groups in total. The zero-order chi connectivity index (χ0) is 24.2. The number of hydrogen-bond donors (Lipinski definition) is 2. The van der Waals surface area contributed by atoms with Crippen molar-refractivity contribution >= 4 is 28.7 Å². The highest BCUT2D eigenvalue weighted by Gasteiger charge is 2.25. The van der Waals surface area contributed by atoms with E-state index in [1.165, 1.54) is 0 Å². The van der Waals surface area contributed by atoms with Crippen LogP contribution in [0.25, 0.3) is 11.2 Å². The topological polar surface area (TPSA) is 92.2 Å². The van der Waals surface area contributed by atoms with Crippen LogP contribution >= 0.6 is 0 Å². The van der Waals surface area contributed by atoms with Gasteiger partial charge in [0.2, 0.25) is 0 Å². The molecule has 0 aliphatic carbocycles. The van der Waals surface area contributed by atoms with Gasteiger partial charge in [-0.25, -0.2) is 14.8 Å². The van der Waals surface area contributed by atoms with Gasteiger partial charge in [0.05, 0.1) is 6.54 Å². The summed E-state index contributed by atoms with van der Waals surface area (Å²) in [5, 5.41) is 5.95. The summed E-state index contributed by atoms with van der Waals surface area (Å²) in [6, 6.07) is 21.1. The second-order valence-electron chi connectivity index (χ2n) is 8.89. The Balaban J connectivity index is 1.30. The first-order valence-electron chi connectivity index (χ1n) is 11.9.